The highest BCUT2D eigenvalue weighted by Crippen LogP contribution is 2.41. The second-order valence-corrected chi connectivity index (χ2v) is 7.62. The molecule has 3 aromatic rings. The summed E-state index contributed by atoms with van der Waals surface area (Å²) in [7, 11) is -4.86. The van der Waals surface area contributed by atoms with E-state index < -0.39 is 32.4 Å². The molecule has 0 spiro atoms. The van der Waals surface area contributed by atoms with Crippen LogP contribution in [0, 0.1) is 0 Å². The van der Waals surface area contributed by atoms with Gasteiger partial charge >= 0.3 is 10.2 Å². The molecule has 0 radical (unpaired) electrons. The lowest BCUT2D eigenvalue weighted by molar-refractivity contribution is 0.0977. The number of rotatable bonds is 2. The molecule has 6 nitrogen and oxygen atoms in total. The summed E-state index contributed by atoms with van der Waals surface area (Å²) >= 11 is 0. The molecule has 140 valence electrons. The maximum Gasteiger partial charge on any atom is 0.332 e. The SMILES string of the molecule is Nc1c(-c2ccc(S(=O)(=O)F)cc2)cc(O)c2c1C(=O)c1ccccc1C2=O. The molecule has 0 fully saturated rings. The molecular weight excluding hydrogens is 385 g/mol. The van der Waals surface area contributed by atoms with Gasteiger partial charge in [0.15, 0.2) is 11.6 Å². The summed E-state index contributed by atoms with van der Waals surface area (Å²) in [6.07, 6.45) is 0. The van der Waals surface area contributed by atoms with Crippen LogP contribution in [-0.4, -0.2) is 25.1 Å². The van der Waals surface area contributed by atoms with E-state index in [4.69, 9.17) is 5.73 Å². The molecule has 3 aromatic carbocycles. The number of aromatic hydroxyl groups is 1. The van der Waals surface area contributed by atoms with Crippen molar-refractivity contribution < 1.29 is 27.0 Å². The van der Waals surface area contributed by atoms with Gasteiger partial charge in [-0.05, 0) is 23.8 Å². The first-order chi connectivity index (χ1) is 13.2. The third kappa shape index (κ3) is 2.57. The monoisotopic (exact) mass is 397 g/mol. The Morgan fingerprint density at radius 1 is 0.821 bits per heavy atom. The van der Waals surface area contributed by atoms with Crippen LogP contribution in [0.25, 0.3) is 11.1 Å². The summed E-state index contributed by atoms with van der Waals surface area (Å²) < 4.78 is 35.0. The Hall–Kier alpha value is -3.52. The topological polar surface area (TPSA) is 115 Å². The second-order valence-electron chi connectivity index (χ2n) is 6.27. The number of nitrogens with two attached hydrogens (primary N) is 1. The predicted octanol–water partition coefficient (Wildman–Crippen LogP) is 3.08. The van der Waals surface area contributed by atoms with Gasteiger partial charge in [-0.2, -0.15) is 8.42 Å². The van der Waals surface area contributed by atoms with Gasteiger partial charge in [0, 0.05) is 16.7 Å². The number of carbonyl (C=O) groups excluding carboxylic acids is 2. The molecule has 3 N–H and O–H groups in total. The Labute approximate surface area is 159 Å². The number of anilines is 1. The molecule has 0 amide bonds. The van der Waals surface area contributed by atoms with Crippen LogP contribution in [0.2, 0.25) is 0 Å². The van der Waals surface area contributed by atoms with E-state index in [-0.39, 0.29) is 33.5 Å². The average Bonchev–Trinajstić information content (AvgIpc) is 2.67. The Bertz CT molecular complexity index is 1280. The minimum atomic E-state index is -4.86. The van der Waals surface area contributed by atoms with Gasteiger partial charge in [0.1, 0.15) is 5.75 Å². The minimum absolute atomic E-state index is 0.0310. The standard InChI is InChI=1S/C20H12FNO5S/c21-28(26,27)11-7-5-10(6-8-11)14-9-15(23)16-17(18(14)22)20(25)13-4-2-1-3-12(13)19(16)24/h1-9,23H,22H2. The molecular formula is C20H12FNO5S. The van der Waals surface area contributed by atoms with Crippen molar-refractivity contribution >= 4 is 27.5 Å². The van der Waals surface area contributed by atoms with Crippen molar-refractivity contribution in [1.82, 2.24) is 0 Å². The van der Waals surface area contributed by atoms with Crippen LogP contribution in [0.1, 0.15) is 31.8 Å². The van der Waals surface area contributed by atoms with Crippen LogP contribution < -0.4 is 5.73 Å². The Morgan fingerprint density at radius 2 is 1.36 bits per heavy atom. The molecule has 0 aliphatic heterocycles. The van der Waals surface area contributed by atoms with Gasteiger partial charge < -0.3 is 10.8 Å². The van der Waals surface area contributed by atoms with E-state index in [1.165, 1.54) is 30.3 Å². The fourth-order valence-corrected chi connectivity index (χ4v) is 3.80. The molecule has 0 aromatic heterocycles. The van der Waals surface area contributed by atoms with Crippen molar-refractivity contribution in [2.45, 2.75) is 4.90 Å². The smallest absolute Gasteiger partial charge is 0.332 e. The maximum atomic E-state index is 13.1. The average molecular weight is 397 g/mol. The van der Waals surface area contributed by atoms with Gasteiger partial charge in [0.25, 0.3) is 0 Å². The lowest BCUT2D eigenvalue weighted by atomic mass is 9.81. The number of benzene rings is 3. The van der Waals surface area contributed by atoms with Crippen molar-refractivity contribution in [3.05, 3.63) is 76.9 Å². The van der Waals surface area contributed by atoms with Crippen molar-refractivity contribution in [3.8, 4) is 16.9 Å². The summed E-state index contributed by atoms with van der Waals surface area (Å²) in [5.41, 5.74) is 6.78. The number of halogens is 1. The number of nitrogen functional groups attached to an aromatic ring is 1. The third-order valence-electron chi connectivity index (χ3n) is 4.66. The first-order valence-electron chi connectivity index (χ1n) is 8.09. The highest BCUT2D eigenvalue weighted by molar-refractivity contribution is 7.86. The van der Waals surface area contributed by atoms with Gasteiger partial charge in [-0.1, -0.05) is 36.4 Å². The zero-order chi connectivity index (χ0) is 20.2. The number of carbonyl (C=O) groups is 2. The van der Waals surface area contributed by atoms with E-state index >= 15 is 0 Å². The van der Waals surface area contributed by atoms with Crippen LogP contribution in [0.5, 0.6) is 5.75 Å². The van der Waals surface area contributed by atoms with Crippen molar-refractivity contribution in [1.29, 1.82) is 0 Å². The summed E-state index contributed by atoms with van der Waals surface area (Å²) in [6, 6.07) is 12.1. The maximum absolute atomic E-state index is 13.1. The number of ketones is 2. The zero-order valence-electron chi connectivity index (χ0n) is 14.1. The van der Waals surface area contributed by atoms with E-state index in [9.17, 15) is 27.0 Å². The van der Waals surface area contributed by atoms with E-state index in [0.29, 0.717) is 5.56 Å². The molecule has 8 heteroatoms. The Morgan fingerprint density at radius 3 is 1.89 bits per heavy atom. The number of phenolic OH excluding ortho intramolecular Hbond substituents is 1. The minimum Gasteiger partial charge on any atom is -0.507 e. The van der Waals surface area contributed by atoms with E-state index in [1.807, 2.05) is 0 Å². The molecule has 0 bridgehead atoms. The van der Waals surface area contributed by atoms with Crippen LogP contribution in [0.3, 0.4) is 0 Å². The second kappa shape index (κ2) is 6.00. The van der Waals surface area contributed by atoms with E-state index in [2.05, 4.69) is 0 Å². The van der Waals surface area contributed by atoms with Crippen molar-refractivity contribution in [2.75, 3.05) is 5.73 Å². The van der Waals surface area contributed by atoms with E-state index in [1.54, 1.807) is 12.1 Å². The Balaban J connectivity index is 1.93. The van der Waals surface area contributed by atoms with Gasteiger partial charge in [-0.15, -0.1) is 3.89 Å². The molecule has 0 atom stereocenters. The van der Waals surface area contributed by atoms with Crippen molar-refractivity contribution in [2.24, 2.45) is 0 Å². The highest BCUT2D eigenvalue weighted by Gasteiger charge is 2.34. The van der Waals surface area contributed by atoms with Crippen LogP contribution in [0.15, 0.2) is 59.5 Å². The summed E-state index contributed by atoms with van der Waals surface area (Å²) in [5.74, 6) is -1.43. The summed E-state index contributed by atoms with van der Waals surface area (Å²) in [6.45, 7) is 0. The van der Waals surface area contributed by atoms with Gasteiger partial charge in [-0.25, -0.2) is 0 Å². The quantitative estimate of drug-likeness (QED) is 0.305. The largest absolute Gasteiger partial charge is 0.507 e. The molecule has 28 heavy (non-hydrogen) atoms. The number of hydrogen-bond acceptors (Lipinski definition) is 6. The molecule has 0 heterocycles. The number of fused-ring (bicyclic) bond motifs is 2. The third-order valence-corrected chi connectivity index (χ3v) is 5.50. The van der Waals surface area contributed by atoms with Crippen LogP contribution in [-0.2, 0) is 10.2 Å². The first-order valence-corrected chi connectivity index (χ1v) is 9.47. The van der Waals surface area contributed by atoms with Crippen LogP contribution in [0.4, 0.5) is 9.57 Å². The predicted molar refractivity (Wildman–Crippen MR) is 99.6 cm³/mol. The fourth-order valence-electron chi connectivity index (χ4n) is 3.33. The molecule has 1 aliphatic carbocycles. The van der Waals surface area contributed by atoms with Crippen LogP contribution >= 0.6 is 0 Å². The first kappa shape index (κ1) is 17.9. The summed E-state index contributed by atoms with van der Waals surface area (Å²) in [5, 5.41) is 10.4. The molecule has 0 saturated carbocycles. The number of phenols is 1. The lowest BCUT2D eigenvalue weighted by Gasteiger charge is -2.22. The molecule has 0 unspecified atom stereocenters. The normalized spacial score (nSPS) is 13.2. The highest BCUT2D eigenvalue weighted by atomic mass is 32.3. The van der Waals surface area contributed by atoms with Gasteiger partial charge in [0.2, 0.25) is 0 Å². The van der Waals surface area contributed by atoms with Crippen molar-refractivity contribution in [3.63, 3.8) is 0 Å². The van der Waals surface area contributed by atoms with E-state index in [0.717, 1.165) is 12.1 Å². The lowest BCUT2D eigenvalue weighted by Crippen LogP contribution is -2.22. The van der Waals surface area contributed by atoms with Gasteiger partial charge in [-0.3, -0.25) is 9.59 Å². The molecule has 0 saturated heterocycles. The Kier molecular flexibility index (Phi) is 3.83. The zero-order valence-corrected chi connectivity index (χ0v) is 15.0. The fraction of sp³-hybridized carbons (Fsp3) is 0. The summed E-state index contributed by atoms with van der Waals surface area (Å²) in [4.78, 5) is 25.1. The molecule has 1 aliphatic rings. The van der Waals surface area contributed by atoms with Gasteiger partial charge in [0.05, 0.1) is 21.7 Å². The number of hydrogen-bond donors (Lipinski definition) is 2. The molecule has 4 rings (SSSR count).